The highest BCUT2D eigenvalue weighted by Crippen LogP contribution is 2.33. The number of anilines is 1. The zero-order valence-electron chi connectivity index (χ0n) is 10.4. The largest absolute Gasteiger partial charge is 0.497 e. The Kier molecular flexibility index (Phi) is 3.66. The molecule has 6 heteroatoms. The van der Waals surface area contributed by atoms with Gasteiger partial charge < -0.3 is 14.8 Å². The first-order valence-corrected chi connectivity index (χ1v) is 5.75. The first-order chi connectivity index (χ1) is 8.63. The average molecular weight is 252 g/mol. The molecule has 0 aliphatic heterocycles. The van der Waals surface area contributed by atoms with Crippen LogP contribution < -0.4 is 10.1 Å². The molecule has 98 valence electrons. The van der Waals surface area contributed by atoms with Gasteiger partial charge in [0.15, 0.2) is 0 Å². The highest BCUT2D eigenvalue weighted by atomic mass is 16.6. The molecule has 0 spiro atoms. The number of nitro groups is 1. The van der Waals surface area contributed by atoms with Gasteiger partial charge in [0.1, 0.15) is 11.4 Å². The lowest BCUT2D eigenvalue weighted by Gasteiger charge is -2.35. The molecule has 1 aromatic carbocycles. The van der Waals surface area contributed by atoms with Gasteiger partial charge in [0.05, 0.1) is 18.1 Å². The highest BCUT2D eigenvalue weighted by molar-refractivity contribution is 5.64. The van der Waals surface area contributed by atoms with E-state index in [1.54, 1.807) is 19.2 Å². The molecule has 18 heavy (non-hydrogen) atoms. The lowest BCUT2D eigenvalue weighted by molar-refractivity contribution is -0.384. The normalized spacial score (nSPS) is 22.1. The third-order valence-corrected chi connectivity index (χ3v) is 3.19. The third-order valence-electron chi connectivity index (χ3n) is 3.19. The maximum atomic E-state index is 10.9. The second-order valence-corrected chi connectivity index (χ2v) is 4.31. The minimum atomic E-state index is -0.395. The summed E-state index contributed by atoms with van der Waals surface area (Å²) in [7, 11) is 3.21. The van der Waals surface area contributed by atoms with Gasteiger partial charge in [-0.15, -0.1) is 0 Å². The predicted octanol–water partition coefficient (Wildman–Crippen LogP) is 2.19. The van der Waals surface area contributed by atoms with E-state index in [0.717, 1.165) is 12.8 Å². The zero-order valence-corrected chi connectivity index (χ0v) is 10.4. The minimum Gasteiger partial charge on any atom is -0.497 e. The molecular weight excluding hydrogens is 236 g/mol. The fourth-order valence-corrected chi connectivity index (χ4v) is 2.01. The second kappa shape index (κ2) is 5.22. The van der Waals surface area contributed by atoms with Crippen molar-refractivity contribution in [3.8, 4) is 5.75 Å². The van der Waals surface area contributed by atoms with Gasteiger partial charge in [-0.1, -0.05) is 0 Å². The Balaban J connectivity index is 2.12. The van der Waals surface area contributed by atoms with Crippen molar-refractivity contribution in [1.82, 2.24) is 0 Å². The van der Waals surface area contributed by atoms with Gasteiger partial charge in [0.2, 0.25) is 0 Å². The standard InChI is InChI=1S/C12H16N2O4/c1-17-9-3-4-12(14(15)16)11(7-9)13-8-5-10(6-8)18-2/h3-4,7-8,10,13H,5-6H2,1-2H3. The number of nitrogens with zero attached hydrogens (tertiary/aromatic N) is 1. The van der Waals surface area contributed by atoms with E-state index in [-0.39, 0.29) is 17.8 Å². The summed E-state index contributed by atoms with van der Waals surface area (Å²) >= 11 is 0. The Hall–Kier alpha value is -1.82. The van der Waals surface area contributed by atoms with Crippen LogP contribution in [0.15, 0.2) is 18.2 Å². The smallest absolute Gasteiger partial charge is 0.292 e. The number of hydrogen-bond acceptors (Lipinski definition) is 5. The maximum Gasteiger partial charge on any atom is 0.292 e. The van der Waals surface area contributed by atoms with E-state index in [4.69, 9.17) is 9.47 Å². The highest BCUT2D eigenvalue weighted by Gasteiger charge is 2.30. The number of ether oxygens (including phenoxy) is 2. The predicted molar refractivity (Wildman–Crippen MR) is 67.1 cm³/mol. The first kappa shape index (κ1) is 12.6. The van der Waals surface area contributed by atoms with Gasteiger partial charge in [-0.3, -0.25) is 10.1 Å². The van der Waals surface area contributed by atoms with E-state index in [0.29, 0.717) is 11.4 Å². The van der Waals surface area contributed by atoms with Crippen LogP contribution in [0.25, 0.3) is 0 Å². The molecule has 1 N–H and O–H groups in total. The van der Waals surface area contributed by atoms with Crippen LogP contribution in [0.4, 0.5) is 11.4 Å². The molecule has 1 saturated carbocycles. The molecule has 0 radical (unpaired) electrons. The Bertz CT molecular complexity index is 444. The van der Waals surface area contributed by atoms with E-state index >= 15 is 0 Å². The van der Waals surface area contributed by atoms with Crippen molar-refractivity contribution in [2.45, 2.75) is 25.0 Å². The van der Waals surface area contributed by atoms with Crippen molar-refractivity contribution >= 4 is 11.4 Å². The maximum absolute atomic E-state index is 10.9. The summed E-state index contributed by atoms with van der Waals surface area (Å²) in [6.45, 7) is 0. The monoisotopic (exact) mass is 252 g/mol. The summed E-state index contributed by atoms with van der Waals surface area (Å²) in [6, 6.07) is 4.91. The molecule has 1 aliphatic carbocycles. The quantitative estimate of drug-likeness (QED) is 0.642. The summed E-state index contributed by atoms with van der Waals surface area (Å²) in [5.74, 6) is 0.603. The lowest BCUT2D eigenvalue weighted by Crippen LogP contribution is -2.40. The molecule has 0 amide bonds. The van der Waals surface area contributed by atoms with Crippen molar-refractivity contribution in [3.63, 3.8) is 0 Å². The number of benzene rings is 1. The number of methoxy groups -OCH3 is 2. The lowest BCUT2D eigenvalue weighted by atomic mass is 9.89. The summed E-state index contributed by atoms with van der Waals surface area (Å²) in [5, 5.41) is 14.1. The molecule has 1 fully saturated rings. The summed E-state index contributed by atoms with van der Waals surface area (Å²) in [5.41, 5.74) is 0.565. The summed E-state index contributed by atoms with van der Waals surface area (Å²) in [4.78, 5) is 10.5. The van der Waals surface area contributed by atoms with E-state index < -0.39 is 4.92 Å². The van der Waals surface area contributed by atoms with E-state index in [1.165, 1.54) is 13.2 Å². The van der Waals surface area contributed by atoms with Crippen LogP contribution in [-0.2, 0) is 4.74 Å². The molecule has 0 heterocycles. The molecule has 1 aromatic rings. The van der Waals surface area contributed by atoms with Gasteiger partial charge in [-0.2, -0.15) is 0 Å². The van der Waals surface area contributed by atoms with Gasteiger partial charge >= 0.3 is 0 Å². The number of rotatable bonds is 5. The van der Waals surface area contributed by atoms with Crippen LogP contribution in [-0.4, -0.2) is 31.3 Å². The van der Waals surface area contributed by atoms with Gasteiger partial charge in [-0.25, -0.2) is 0 Å². The number of hydrogen-bond donors (Lipinski definition) is 1. The van der Waals surface area contributed by atoms with Gasteiger partial charge in [0.25, 0.3) is 5.69 Å². The zero-order chi connectivity index (χ0) is 13.1. The van der Waals surface area contributed by atoms with Crippen molar-refractivity contribution in [3.05, 3.63) is 28.3 Å². The topological polar surface area (TPSA) is 73.6 Å². The van der Waals surface area contributed by atoms with Gasteiger partial charge in [0, 0.05) is 25.3 Å². The number of nitro benzene ring substituents is 1. The van der Waals surface area contributed by atoms with E-state index in [2.05, 4.69) is 5.32 Å². The first-order valence-electron chi connectivity index (χ1n) is 5.75. The average Bonchev–Trinajstić information content (AvgIpc) is 2.32. The molecule has 0 unspecified atom stereocenters. The molecule has 0 bridgehead atoms. The molecule has 6 nitrogen and oxygen atoms in total. The third kappa shape index (κ3) is 2.53. The Morgan fingerprint density at radius 3 is 2.67 bits per heavy atom. The van der Waals surface area contributed by atoms with Crippen molar-refractivity contribution in [2.75, 3.05) is 19.5 Å². The van der Waals surface area contributed by atoms with Crippen molar-refractivity contribution in [2.24, 2.45) is 0 Å². The summed E-state index contributed by atoms with van der Waals surface area (Å²) in [6.07, 6.45) is 1.99. The fraction of sp³-hybridized carbons (Fsp3) is 0.500. The summed E-state index contributed by atoms with van der Waals surface area (Å²) < 4.78 is 10.3. The Morgan fingerprint density at radius 2 is 2.11 bits per heavy atom. The van der Waals surface area contributed by atoms with E-state index in [9.17, 15) is 10.1 Å². The van der Waals surface area contributed by atoms with Crippen LogP contribution in [0.3, 0.4) is 0 Å². The SMILES string of the molecule is COc1ccc([N+](=O)[O-])c(NC2CC(OC)C2)c1. The molecule has 0 saturated heterocycles. The van der Waals surface area contributed by atoms with Crippen LogP contribution in [0, 0.1) is 10.1 Å². The number of nitrogens with one attached hydrogen (secondary N) is 1. The molecular formula is C12H16N2O4. The molecule has 1 aliphatic rings. The van der Waals surface area contributed by atoms with Gasteiger partial charge in [-0.05, 0) is 18.9 Å². The minimum absolute atomic E-state index is 0.0664. The fourth-order valence-electron chi connectivity index (χ4n) is 2.01. The van der Waals surface area contributed by atoms with Crippen LogP contribution in [0.2, 0.25) is 0 Å². The van der Waals surface area contributed by atoms with Crippen molar-refractivity contribution < 1.29 is 14.4 Å². The molecule has 0 aromatic heterocycles. The Morgan fingerprint density at radius 1 is 1.39 bits per heavy atom. The van der Waals surface area contributed by atoms with Crippen LogP contribution >= 0.6 is 0 Å². The molecule has 2 rings (SSSR count). The van der Waals surface area contributed by atoms with Crippen molar-refractivity contribution in [1.29, 1.82) is 0 Å². The Labute approximate surface area is 105 Å². The van der Waals surface area contributed by atoms with Crippen LogP contribution in [0.1, 0.15) is 12.8 Å². The van der Waals surface area contributed by atoms with E-state index in [1.807, 2.05) is 0 Å². The molecule has 0 atom stereocenters. The second-order valence-electron chi connectivity index (χ2n) is 4.31. The van der Waals surface area contributed by atoms with Crippen LogP contribution in [0.5, 0.6) is 5.75 Å².